The van der Waals surface area contributed by atoms with E-state index in [4.69, 9.17) is 0 Å². The van der Waals surface area contributed by atoms with Crippen molar-refractivity contribution in [3.05, 3.63) is 30.1 Å². The Kier molecular flexibility index (Phi) is 4.22. The molecule has 1 N–H and O–H groups in total. The zero-order valence-electron chi connectivity index (χ0n) is 12.2. The smallest absolute Gasteiger partial charge is 0.123 e. The molecule has 0 spiro atoms. The van der Waals surface area contributed by atoms with Crippen molar-refractivity contribution in [1.29, 1.82) is 0 Å². The van der Waals surface area contributed by atoms with Crippen molar-refractivity contribution in [3.63, 3.8) is 0 Å². The van der Waals surface area contributed by atoms with Crippen LogP contribution in [-0.2, 0) is 0 Å². The number of piperazine rings is 1. The number of hydrogen-bond acceptors (Lipinski definition) is 3. The van der Waals surface area contributed by atoms with Crippen LogP contribution in [-0.4, -0.2) is 50.2 Å². The van der Waals surface area contributed by atoms with Crippen LogP contribution in [0.1, 0.15) is 13.3 Å². The Morgan fingerprint density at radius 3 is 2.45 bits per heavy atom. The van der Waals surface area contributed by atoms with Crippen LogP contribution >= 0.6 is 0 Å². The topological polar surface area (TPSA) is 18.5 Å². The number of benzene rings is 1. The van der Waals surface area contributed by atoms with Gasteiger partial charge in [0.2, 0.25) is 0 Å². The summed E-state index contributed by atoms with van der Waals surface area (Å²) in [6.45, 7) is 8.89. The monoisotopic (exact) mass is 277 g/mol. The molecule has 0 aromatic heterocycles. The highest BCUT2D eigenvalue weighted by Crippen LogP contribution is 2.22. The zero-order valence-corrected chi connectivity index (χ0v) is 12.2. The lowest BCUT2D eigenvalue weighted by molar-refractivity contribution is 0.160. The van der Waals surface area contributed by atoms with E-state index in [1.807, 2.05) is 12.1 Å². The molecule has 0 bridgehead atoms. The van der Waals surface area contributed by atoms with Crippen LogP contribution in [0.15, 0.2) is 24.3 Å². The minimum Gasteiger partial charge on any atom is -0.369 e. The molecular weight excluding hydrogens is 253 g/mol. The third-order valence-corrected chi connectivity index (χ3v) is 4.80. The van der Waals surface area contributed by atoms with Crippen molar-refractivity contribution in [2.45, 2.75) is 19.4 Å². The lowest BCUT2D eigenvalue weighted by Gasteiger charge is -2.40. The summed E-state index contributed by atoms with van der Waals surface area (Å²) in [5, 5.41) is 3.52. The van der Waals surface area contributed by atoms with Gasteiger partial charge in [0.25, 0.3) is 0 Å². The van der Waals surface area contributed by atoms with Gasteiger partial charge in [-0.15, -0.1) is 0 Å². The Morgan fingerprint density at radius 2 is 1.80 bits per heavy atom. The van der Waals surface area contributed by atoms with Gasteiger partial charge in [-0.3, -0.25) is 4.90 Å². The summed E-state index contributed by atoms with van der Waals surface area (Å²) in [5.74, 6) is 0.641. The molecule has 3 rings (SSSR count). The molecule has 0 saturated carbocycles. The van der Waals surface area contributed by atoms with Gasteiger partial charge in [0.05, 0.1) is 0 Å². The molecule has 1 aromatic carbocycles. The summed E-state index contributed by atoms with van der Waals surface area (Å²) in [6.07, 6.45) is 1.26. The summed E-state index contributed by atoms with van der Waals surface area (Å²) in [4.78, 5) is 4.99. The third kappa shape index (κ3) is 2.81. The van der Waals surface area contributed by atoms with Gasteiger partial charge in [0.1, 0.15) is 5.82 Å². The van der Waals surface area contributed by atoms with Gasteiger partial charge in [-0.25, -0.2) is 4.39 Å². The van der Waals surface area contributed by atoms with E-state index in [1.165, 1.54) is 13.0 Å². The predicted molar refractivity (Wildman–Crippen MR) is 80.6 cm³/mol. The zero-order chi connectivity index (χ0) is 13.9. The van der Waals surface area contributed by atoms with Gasteiger partial charge in [-0.2, -0.15) is 0 Å². The van der Waals surface area contributed by atoms with Crippen molar-refractivity contribution in [2.24, 2.45) is 5.92 Å². The van der Waals surface area contributed by atoms with Crippen LogP contribution in [0.2, 0.25) is 0 Å². The fourth-order valence-corrected chi connectivity index (χ4v) is 3.53. The number of anilines is 1. The maximum Gasteiger partial charge on any atom is 0.123 e. The second-order valence-electron chi connectivity index (χ2n) is 5.89. The molecule has 2 unspecified atom stereocenters. The number of hydrogen-bond donors (Lipinski definition) is 1. The molecule has 3 nitrogen and oxygen atoms in total. The van der Waals surface area contributed by atoms with E-state index in [9.17, 15) is 4.39 Å². The molecular formula is C16H24FN3. The molecule has 20 heavy (non-hydrogen) atoms. The quantitative estimate of drug-likeness (QED) is 0.911. The Labute approximate surface area is 120 Å². The van der Waals surface area contributed by atoms with Crippen LogP contribution in [0.3, 0.4) is 0 Å². The van der Waals surface area contributed by atoms with Gasteiger partial charge in [-0.1, -0.05) is 13.3 Å². The molecule has 110 valence electrons. The van der Waals surface area contributed by atoms with Crippen LogP contribution in [0.25, 0.3) is 0 Å². The number of rotatable bonds is 3. The fraction of sp³-hybridized carbons (Fsp3) is 0.625. The van der Waals surface area contributed by atoms with Crippen LogP contribution in [0.4, 0.5) is 10.1 Å². The molecule has 1 aromatic rings. The molecule has 0 aliphatic carbocycles. The second-order valence-corrected chi connectivity index (χ2v) is 5.89. The summed E-state index contributed by atoms with van der Waals surface area (Å²) >= 11 is 0. The van der Waals surface area contributed by atoms with E-state index in [2.05, 4.69) is 22.0 Å². The first-order chi connectivity index (χ1) is 9.78. The van der Waals surface area contributed by atoms with E-state index in [0.717, 1.165) is 44.3 Å². The van der Waals surface area contributed by atoms with Gasteiger partial charge in [0, 0.05) is 44.5 Å². The Morgan fingerprint density at radius 1 is 1.10 bits per heavy atom. The molecule has 2 aliphatic heterocycles. The standard InChI is InChI=1S/C16H24FN3/c1-2-13-11-18-12-16(13)20-9-7-19(8-10-20)15-5-3-14(17)4-6-15/h3-6,13,16,18H,2,7-12H2,1H3. The fourth-order valence-electron chi connectivity index (χ4n) is 3.53. The van der Waals surface area contributed by atoms with Crippen LogP contribution < -0.4 is 10.2 Å². The number of nitrogens with zero attached hydrogens (tertiary/aromatic N) is 2. The maximum atomic E-state index is 13.0. The molecule has 0 radical (unpaired) electrons. The Hall–Kier alpha value is -1.13. The Bertz CT molecular complexity index is 426. The minimum absolute atomic E-state index is 0.157. The first-order valence-corrected chi connectivity index (χ1v) is 7.73. The van der Waals surface area contributed by atoms with E-state index in [-0.39, 0.29) is 5.82 Å². The maximum absolute atomic E-state index is 13.0. The molecule has 2 atom stereocenters. The SMILES string of the molecule is CCC1CNCC1N1CCN(c2ccc(F)cc2)CC1. The van der Waals surface area contributed by atoms with Crippen molar-refractivity contribution in [1.82, 2.24) is 10.2 Å². The van der Waals surface area contributed by atoms with Crippen molar-refractivity contribution >= 4 is 5.69 Å². The number of halogens is 1. The number of nitrogens with one attached hydrogen (secondary N) is 1. The van der Waals surface area contributed by atoms with Crippen molar-refractivity contribution in [3.8, 4) is 0 Å². The lowest BCUT2D eigenvalue weighted by Crippen LogP contribution is -2.52. The first kappa shape index (κ1) is 13.8. The van der Waals surface area contributed by atoms with Crippen LogP contribution in [0.5, 0.6) is 0 Å². The average molecular weight is 277 g/mol. The van der Waals surface area contributed by atoms with Gasteiger partial charge in [-0.05, 0) is 36.7 Å². The summed E-state index contributed by atoms with van der Waals surface area (Å²) < 4.78 is 13.0. The normalized spacial score (nSPS) is 28.0. The summed E-state index contributed by atoms with van der Waals surface area (Å²) in [5.41, 5.74) is 1.14. The highest BCUT2D eigenvalue weighted by atomic mass is 19.1. The van der Waals surface area contributed by atoms with Crippen molar-refractivity contribution < 1.29 is 4.39 Å². The van der Waals surface area contributed by atoms with E-state index < -0.39 is 0 Å². The van der Waals surface area contributed by atoms with E-state index >= 15 is 0 Å². The largest absolute Gasteiger partial charge is 0.369 e. The average Bonchev–Trinajstić information content (AvgIpc) is 2.97. The molecule has 2 saturated heterocycles. The molecule has 2 aliphatic rings. The minimum atomic E-state index is -0.157. The summed E-state index contributed by atoms with van der Waals surface area (Å²) in [7, 11) is 0. The van der Waals surface area contributed by atoms with E-state index in [1.54, 1.807) is 12.1 Å². The second kappa shape index (κ2) is 6.10. The molecule has 2 heterocycles. The predicted octanol–water partition coefficient (Wildman–Crippen LogP) is 1.95. The molecule has 4 heteroatoms. The first-order valence-electron chi connectivity index (χ1n) is 7.73. The molecule has 2 fully saturated rings. The molecule has 0 amide bonds. The van der Waals surface area contributed by atoms with Gasteiger partial charge in [0.15, 0.2) is 0 Å². The van der Waals surface area contributed by atoms with Crippen LogP contribution in [0, 0.1) is 11.7 Å². The van der Waals surface area contributed by atoms with Gasteiger partial charge < -0.3 is 10.2 Å². The lowest BCUT2D eigenvalue weighted by atomic mass is 9.98. The van der Waals surface area contributed by atoms with E-state index in [0.29, 0.717) is 6.04 Å². The van der Waals surface area contributed by atoms with Crippen molar-refractivity contribution in [2.75, 3.05) is 44.2 Å². The highest BCUT2D eigenvalue weighted by molar-refractivity contribution is 5.46. The summed E-state index contributed by atoms with van der Waals surface area (Å²) in [6, 6.07) is 7.58. The highest BCUT2D eigenvalue weighted by Gasteiger charge is 2.32. The Balaban J connectivity index is 1.58. The van der Waals surface area contributed by atoms with Gasteiger partial charge >= 0.3 is 0 Å². The third-order valence-electron chi connectivity index (χ3n) is 4.80.